The molecule has 3 aromatic rings. The molecule has 6 heteroatoms. The number of amides is 1. The van der Waals surface area contributed by atoms with Crippen molar-refractivity contribution in [3.8, 4) is 0 Å². The Morgan fingerprint density at radius 1 is 1.15 bits per heavy atom. The second kappa shape index (κ2) is 7.07. The predicted molar refractivity (Wildman–Crippen MR) is 100 cm³/mol. The number of hydrogen-bond donors (Lipinski definition) is 1. The quantitative estimate of drug-likeness (QED) is 0.768. The number of hydrogen-bond acceptors (Lipinski definition) is 5. The molecule has 0 radical (unpaired) electrons. The highest BCUT2D eigenvalue weighted by Gasteiger charge is 2.39. The van der Waals surface area contributed by atoms with E-state index in [1.807, 2.05) is 42.4 Å². The molecule has 4 rings (SSSR count). The van der Waals surface area contributed by atoms with Crippen LogP contribution in [0.4, 0.5) is 5.69 Å². The Hall–Kier alpha value is -3.02. The van der Waals surface area contributed by atoms with Gasteiger partial charge in [0.05, 0.1) is 11.6 Å². The van der Waals surface area contributed by atoms with Crippen molar-refractivity contribution in [2.75, 3.05) is 18.4 Å². The Kier molecular flexibility index (Phi) is 4.48. The van der Waals surface area contributed by atoms with Crippen LogP contribution in [0.3, 0.4) is 0 Å². The van der Waals surface area contributed by atoms with Crippen LogP contribution in [0.15, 0.2) is 55.2 Å². The lowest BCUT2D eigenvalue weighted by Gasteiger charge is -2.28. The SMILES string of the molecule is CCN1C(=O)C[C@@H](CNc2ccnc3ccncc23)[C@@H]1c1cccnc1. The van der Waals surface area contributed by atoms with E-state index in [2.05, 4.69) is 26.3 Å². The number of rotatable bonds is 5. The fourth-order valence-corrected chi connectivity index (χ4v) is 3.81. The van der Waals surface area contributed by atoms with Gasteiger partial charge in [-0.1, -0.05) is 6.07 Å². The highest BCUT2D eigenvalue weighted by Crippen LogP contribution is 2.38. The highest BCUT2D eigenvalue weighted by atomic mass is 16.2. The van der Waals surface area contributed by atoms with Crippen LogP contribution in [0.5, 0.6) is 0 Å². The van der Waals surface area contributed by atoms with E-state index in [0.29, 0.717) is 19.5 Å². The molecule has 1 amide bonds. The lowest BCUT2D eigenvalue weighted by molar-refractivity contribution is -0.128. The second-order valence-corrected chi connectivity index (χ2v) is 6.51. The molecule has 1 saturated heterocycles. The summed E-state index contributed by atoms with van der Waals surface area (Å²) >= 11 is 0. The van der Waals surface area contributed by atoms with Crippen LogP contribution in [0.25, 0.3) is 10.9 Å². The summed E-state index contributed by atoms with van der Waals surface area (Å²) in [6.07, 6.45) is 9.53. The van der Waals surface area contributed by atoms with E-state index < -0.39 is 0 Å². The molecule has 3 aromatic heterocycles. The maximum atomic E-state index is 12.5. The van der Waals surface area contributed by atoms with Crippen LogP contribution in [0.1, 0.15) is 24.9 Å². The molecular weight excluding hydrogens is 326 g/mol. The summed E-state index contributed by atoms with van der Waals surface area (Å²) < 4.78 is 0. The molecule has 2 atom stereocenters. The number of likely N-dealkylation sites (tertiary alicyclic amines) is 1. The third-order valence-electron chi connectivity index (χ3n) is 5.00. The van der Waals surface area contributed by atoms with Gasteiger partial charge in [0.25, 0.3) is 0 Å². The molecule has 0 spiro atoms. The van der Waals surface area contributed by atoms with E-state index in [9.17, 15) is 4.79 Å². The van der Waals surface area contributed by atoms with Crippen molar-refractivity contribution in [1.82, 2.24) is 19.9 Å². The molecule has 0 saturated carbocycles. The van der Waals surface area contributed by atoms with Crippen LogP contribution < -0.4 is 5.32 Å². The van der Waals surface area contributed by atoms with Gasteiger partial charge in [-0.05, 0) is 30.7 Å². The molecule has 4 heterocycles. The van der Waals surface area contributed by atoms with E-state index in [0.717, 1.165) is 22.2 Å². The van der Waals surface area contributed by atoms with Gasteiger partial charge in [0.15, 0.2) is 0 Å². The van der Waals surface area contributed by atoms with Crippen molar-refractivity contribution in [3.05, 3.63) is 60.8 Å². The second-order valence-electron chi connectivity index (χ2n) is 6.51. The first-order valence-corrected chi connectivity index (χ1v) is 8.90. The molecular formula is C20H21N5O. The lowest BCUT2D eigenvalue weighted by atomic mass is 9.94. The standard InChI is InChI=1S/C20H21N5O/c1-2-25-19(26)10-15(20(25)14-4-3-7-21-11-14)12-24-18-6-9-23-17-5-8-22-13-16(17)18/h3-9,11,13,15,20H,2,10,12H2,1H3,(H,23,24)/t15-,20-/m0/s1. The molecule has 26 heavy (non-hydrogen) atoms. The molecule has 1 aliphatic rings. The van der Waals surface area contributed by atoms with Gasteiger partial charge in [-0.3, -0.25) is 19.7 Å². The van der Waals surface area contributed by atoms with Gasteiger partial charge in [-0.2, -0.15) is 0 Å². The molecule has 6 nitrogen and oxygen atoms in total. The van der Waals surface area contributed by atoms with E-state index in [1.165, 1.54) is 0 Å². The van der Waals surface area contributed by atoms with Crippen LogP contribution in [-0.2, 0) is 4.79 Å². The predicted octanol–water partition coefficient (Wildman–Crippen LogP) is 3.05. The normalized spacial score (nSPS) is 19.9. The van der Waals surface area contributed by atoms with Crippen LogP contribution >= 0.6 is 0 Å². The highest BCUT2D eigenvalue weighted by molar-refractivity contribution is 5.90. The number of carbonyl (C=O) groups is 1. The van der Waals surface area contributed by atoms with Gasteiger partial charge in [0.1, 0.15) is 0 Å². The third kappa shape index (κ3) is 2.98. The van der Waals surface area contributed by atoms with E-state index >= 15 is 0 Å². The first-order chi connectivity index (χ1) is 12.8. The number of carbonyl (C=O) groups excluding carboxylic acids is 1. The van der Waals surface area contributed by atoms with Crippen molar-refractivity contribution < 1.29 is 4.79 Å². The Balaban J connectivity index is 1.59. The molecule has 0 bridgehead atoms. The molecule has 1 aliphatic heterocycles. The maximum absolute atomic E-state index is 12.5. The van der Waals surface area contributed by atoms with Gasteiger partial charge < -0.3 is 10.2 Å². The van der Waals surface area contributed by atoms with E-state index in [-0.39, 0.29) is 17.9 Å². The topological polar surface area (TPSA) is 71.0 Å². The molecule has 1 fully saturated rings. The van der Waals surface area contributed by atoms with Crippen molar-refractivity contribution >= 4 is 22.5 Å². The fraction of sp³-hybridized carbons (Fsp3) is 0.300. The molecule has 0 unspecified atom stereocenters. The first kappa shape index (κ1) is 16.4. The van der Waals surface area contributed by atoms with Gasteiger partial charge in [0, 0.05) is 67.5 Å². The largest absolute Gasteiger partial charge is 0.384 e. The summed E-state index contributed by atoms with van der Waals surface area (Å²) in [5.41, 5.74) is 3.00. The number of fused-ring (bicyclic) bond motifs is 1. The first-order valence-electron chi connectivity index (χ1n) is 8.90. The Labute approximate surface area is 152 Å². The summed E-state index contributed by atoms with van der Waals surface area (Å²) in [5, 5.41) is 4.51. The van der Waals surface area contributed by atoms with E-state index in [1.54, 1.807) is 18.6 Å². The number of anilines is 1. The molecule has 132 valence electrons. The average Bonchev–Trinajstić information content (AvgIpc) is 3.02. The minimum atomic E-state index is 0.0555. The number of nitrogens with one attached hydrogen (secondary N) is 1. The molecule has 0 aromatic carbocycles. The van der Waals surface area contributed by atoms with Crippen molar-refractivity contribution in [3.63, 3.8) is 0 Å². The van der Waals surface area contributed by atoms with Crippen LogP contribution in [-0.4, -0.2) is 38.8 Å². The van der Waals surface area contributed by atoms with E-state index in [4.69, 9.17) is 0 Å². The monoisotopic (exact) mass is 347 g/mol. The lowest BCUT2D eigenvalue weighted by Crippen LogP contribution is -2.30. The van der Waals surface area contributed by atoms with Gasteiger partial charge in [-0.25, -0.2) is 0 Å². The van der Waals surface area contributed by atoms with Crippen molar-refractivity contribution in [1.29, 1.82) is 0 Å². The zero-order valence-electron chi connectivity index (χ0n) is 14.7. The zero-order chi connectivity index (χ0) is 17.9. The fourth-order valence-electron chi connectivity index (χ4n) is 3.81. The number of pyridine rings is 3. The summed E-state index contributed by atoms with van der Waals surface area (Å²) in [7, 11) is 0. The van der Waals surface area contributed by atoms with Gasteiger partial charge >= 0.3 is 0 Å². The molecule has 0 aliphatic carbocycles. The summed E-state index contributed by atoms with van der Waals surface area (Å²) in [6, 6.07) is 7.89. The van der Waals surface area contributed by atoms with Crippen molar-refractivity contribution in [2.45, 2.75) is 19.4 Å². The zero-order valence-corrected chi connectivity index (χ0v) is 14.7. The third-order valence-corrected chi connectivity index (χ3v) is 5.00. The van der Waals surface area contributed by atoms with Gasteiger partial charge in [0.2, 0.25) is 5.91 Å². The Bertz CT molecular complexity index is 909. The van der Waals surface area contributed by atoms with Crippen LogP contribution in [0.2, 0.25) is 0 Å². The molecule has 1 N–H and O–H groups in total. The summed E-state index contributed by atoms with van der Waals surface area (Å²) in [4.78, 5) is 27.3. The number of aromatic nitrogens is 3. The van der Waals surface area contributed by atoms with Crippen LogP contribution in [0, 0.1) is 5.92 Å². The minimum absolute atomic E-state index is 0.0555. The summed E-state index contributed by atoms with van der Waals surface area (Å²) in [6.45, 7) is 3.44. The smallest absolute Gasteiger partial charge is 0.223 e. The van der Waals surface area contributed by atoms with Gasteiger partial charge in [-0.15, -0.1) is 0 Å². The minimum Gasteiger partial charge on any atom is -0.384 e. The Morgan fingerprint density at radius 2 is 2.04 bits per heavy atom. The Morgan fingerprint density at radius 3 is 2.85 bits per heavy atom. The maximum Gasteiger partial charge on any atom is 0.223 e. The summed E-state index contributed by atoms with van der Waals surface area (Å²) in [5.74, 6) is 0.390. The number of nitrogens with zero attached hydrogens (tertiary/aromatic N) is 4. The average molecular weight is 347 g/mol. The van der Waals surface area contributed by atoms with Crippen molar-refractivity contribution in [2.24, 2.45) is 5.92 Å².